The van der Waals surface area contributed by atoms with Gasteiger partial charge in [-0.15, -0.1) is 0 Å². The summed E-state index contributed by atoms with van der Waals surface area (Å²) >= 11 is 14.5. The van der Waals surface area contributed by atoms with E-state index in [1.807, 2.05) is 60.7 Å². The summed E-state index contributed by atoms with van der Waals surface area (Å²) in [7, 11) is 0. The molecule has 0 saturated carbocycles. The summed E-state index contributed by atoms with van der Waals surface area (Å²) in [5, 5.41) is 12.7. The van der Waals surface area contributed by atoms with E-state index in [0.29, 0.717) is 15.5 Å². The van der Waals surface area contributed by atoms with Crippen molar-refractivity contribution in [3.63, 3.8) is 0 Å². The van der Waals surface area contributed by atoms with Crippen LogP contribution in [0.2, 0.25) is 0 Å². The Morgan fingerprint density at radius 1 is 0.812 bits per heavy atom. The summed E-state index contributed by atoms with van der Waals surface area (Å²) < 4.78 is 5.39. The van der Waals surface area contributed by atoms with Crippen molar-refractivity contribution in [2.75, 3.05) is 5.32 Å². The van der Waals surface area contributed by atoms with Crippen molar-refractivity contribution in [2.45, 2.75) is 0 Å². The SMILES string of the molecule is N=c1c(Br)c2n(-c3ccccc3)c3ccccc3nc-2c(Br)c1Nc1ccc(Br)cc1Br. The van der Waals surface area contributed by atoms with Crippen LogP contribution in [-0.2, 0) is 0 Å². The number of anilines is 2. The second kappa shape index (κ2) is 8.74. The maximum Gasteiger partial charge on any atom is 0.105 e. The zero-order valence-electron chi connectivity index (χ0n) is 16.3. The molecule has 0 unspecified atom stereocenters. The van der Waals surface area contributed by atoms with Gasteiger partial charge in [-0.3, -0.25) is 5.41 Å². The number of fused-ring (bicyclic) bond motifs is 2. The van der Waals surface area contributed by atoms with Crippen LogP contribution < -0.4 is 10.7 Å². The van der Waals surface area contributed by atoms with Gasteiger partial charge in [0.2, 0.25) is 0 Å². The van der Waals surface area contributed by atoms with E-state index in [2.05, 4.69) is 85.7 Å². The highest BCUT2D eigenvalue weighted by Crippen LogP contribution is 2.41. The molecule has 1 aliphatic carbocycles. The summed E-state index contributed by atoms with van der Waals surface area (Å²) in [5.41, 5.74) is 5.90. The van der Waals surface area contributed by atoms with E-state index in [9.17, 15) is 0 Å². The van der Waals surface area contributed by atoms with Gasteiger partial charge in [0.1, 0.15) is 5.69 Å². The summed E-state index contributed by atoms with van der Waals surface area (Å²) in [5.74, 6) is 0. The quantitative estimate of drug-likeness (QED) is 0.189. The molecule has 0 aromatic heterocycles. The third-order valence-corrected chi connectivity index (χ3v) is 7.81. The van der Waals surface area contributed by atoms with Gasteiger partial charge in [0.05, 0.1) is 42.4 Å². The van der Waals surface area contributed by atoms with Crippen molar-refractivity contribution in [2.24, 2.45) is 0 Å². The van der Waals surface area contributed by atoms with Crippen LogP contribution in [0.4, 0.5) is 11.4 Å². The molecule has 158 valence electrons. The molecule has 0 saturated heterocycles. The van der Waals surface area contributed by atoms with Gasteiger partial charge in [-0.25, -0.2) is 4.98 Å². The van der Waals surface area contributed by atoms with Crippen molar-refractivity contribution in [3.8, 4) is 17.1 Å². The number of hydrogen-bond acceptors (Lipinski definition) is 3. The van der Waals surface area contributed by atoms with Crippen molar-refractivity contribution in [1.29, 1.82) is 5.41 Å². The predicted octanol–water partition coefficient (Wildman–Crippen LogP) is 8.40. The normalized spacial score (nSPS) is 11.2. The summed E-state index contributed by atoms with van der Waals surface area (Å²) in [6.07, 6.45) is 0. The molecule has 4 nitrogen and oxygen atoms in total. The van der Waals surface area contributed by atoms with Gasteiger partial charge in [-0.2, -0.15) is 0 Å². The second-order valence-electron chi connectivity index (χ2n) is 7.10. The minimum absolute atomic E-state index is 0.334. The Kier molecular flexibility index (Phi) is 5.96. The lowest BCUT2D eigenvalue weighted by atomic mass is 10.1. The van der Waals surface area contributed by atoms with Crippen LogP contribution in [-0.4, -0.2) is 9.55 Å². The molecule has 3 aromatic rings. The van der Waals surface area contributed by atoms with Crippen LogP contribution in [0.1, 0.15) is 0 Å². The highest BCUT2D eigenvalue weighted by atomic mass is 79.9. The Balaban J connectivity index is 1.85. The Morgan fingerprint density at radius 2 is 1.53 bits per heavy atom. The Morgan fingerprint density at radius 3 is 2.28 bits per heavy atom. The number of para-hydroxylation sites is 3. The maximum absolute atomic E-state index is 8.94. The third kappa shape index (κ3) is 3.73. The van der Waals surface area contributed by atoms with Gasteiger partial charge in [-0.05, 0) is 90.3 Å². The number of benzene rings is 4. The fourth-order valence-corrected chi connectivity index (χ4v) is 5.93. The van der Waals surface area contributed by atoms with Crippen molar-refractivity contribution < 1.29 is 0 Å². The Labute approximate surface area is 218 Å². The first-order chi connectivity index (χ1) is 15.5. The fourth-order valence-electron chi connectivity index (χ4n) is 3.65. The number of rotatable bonds is 3. The predicted molar refractivity (Wildman–Crippen MR) is 144 cm³/mol. The maximum atomic E-state index is 8.94. The zero-order valence-corrected chi connectivity index (χ0v) is 22.7. The third-order valence-electron chi connectivity index (χ3n) is 5.11. The minimum Gasteiger partial charge on any atom is -0.352 e. The van der Waals surface area contributed by atoms with Gasteiger partial charge in [-0.1, -0.05) is 46.3 Å². The molecule has 0 atom stereocenters. The van der Waals surface area contributed by atoms with E-state index >= 15 is 0 Å². The molecule has 2 N–H and O–H groups in total. The van der Waals surface area contributed by atoms with Gasteiger partial charge in [0, 0.05) is 14.6 Å². The van der Waals surface area contributed by atoms with E-state index in [1.54, 1.807) is 0 Å². The fraction of sp³-hybridized carbons (Fsp3) is 0. The molecule has 0 fully saturated rings. The van der Waals surface area contributed by atoms with Crippen LogP contribution in [0.25, 0.3) is 28.1 Å². The lowest BCUT2D eigenvalue weighted by Crippen LogP contribution is -2.17. The topological polar surface area (TPSA) is 53.7 Å². The molecule has 3 aromatic carbocycles. The van der Waals surface area contributed by atoms with E-state index in [4.69, 9.17) is 10.4 Å². The zero-order chi connectivity index (χ0) is 22.4. The lowest BCUT2D eigenvalue weighted by Gasteiger charge is -2.23. The highest BCUT2D eigenvalue weighted by Gasteiger charge is 2.25. The molecule has 32 heavy (non-hydrogen) atoms. The molecule has 0 amide bonds. The smallest absolute Gasteiger partial charge is 0.105 e. The number of halogens is 4. The molecule has 1 heterocycles. The Bertz CT molecular complexity index is 1510. The first kappa shape index (κ1) is 21.8. The van der Waals surface area contributed by atoms with Crippen LogP contribution in [0.5, 0.6) is 0 Å². The van der Waals surface area contributed by atoms with Crippen LogP contribution in [0, 0.1) is 5.41 Å². The summed E-state index contributed by atoms with van der Waals surface area (Å²) in [4.78, 5) is 4.96. The van der Waals surface area contributed by atoms with Gasteiger partial charge in [0.25, 0.3) is 0 Å². The average Bonchev–Trinajstić information content (AvgIpc) is 2.81. The molecule has 0 bridgehead atoms. The van der Waals surface area contributed by atoms with Crippen LogP contribution >= 0.6 is 63.7 Å². The summed E-state index contributed by atoms with van der Waals surface area (Å²) in [6.45, 7) is 0. The first-order valence-corrected chi connectivity index (χ1v) is 12.8. The van der Waals surface area contributed by atoms with Gasteiger partial charge in [0.15, 0.2) is 0 Å². The lowest BCUT2D eigenvalue weighted by molar-refractivity contribution is 1.05. The molecule has 8 heteroatoms. The van der Waals surface area contributed by atoms with Crippen LogP contribution in [0.15, 0.2) is 90.7 Å². The molecule has 1 aliphatic heterocycles. The van der Waals surface area contributed by atoms with E-state index in [0.717, 1.165) is 47.2 Å². The molecular weight excluding hydrogens is 664 g/mol. The number of nitrogens with zero attached hydrogens (tertiary/aromatic N) is 2. The Hall–Kier alpha value is -2.00. The largest absolute Gasteiger partial charge is 0.352 e. The molecule has 0 spiro atoms. The van der Waals surface area contributed by atoms with Crippen LogP contribution in [0.3, 0.4) is 0 Å². The number of nitrogens with one attached hydrogen (secondary N) is 2. The van der Waals surface area contributed by atoms with Crippen molar-refractivity contribution in [1.82, 2.24) is 9.55 Å². The number of aromatic nitrogens is 2. The molecule has 5 rings (SSSR count). The standard InChI is InChI=1S/C24H14Br4N4/c25-13-10-11-16(15(26)12-13)30-22-20(28)23-24(19(27)21(22)29)32(14-6-2-1-3-7-14)18-9-5-4-8-17(18)31-23/h1-12,29-30H. The highest BCUT2D eigenvalue weighted by molar-refractivity contribution is 9.11. The van der Waals surface area contributed by atoms with Gasteiger partial charge < -0.3 is 9.88 Å². The van der Waals surface area contributed by atoms with E-state index in [-0.39, 0.29) is 0 Å². The average molecular weight is 678 g/mol. The summed E-state index contributed by atoms with van der Waals surface area (Å²) in [6, 6.07) is 24.0. The number of hydrogen-bond donors (Lipinski definition) is 2. The van der Waals surface area contributed by atoms with Gasteiger partial charge >= 0.3 is 0 Å². The second-order valence-corrected chi connectivity index (χ2v) is 10.5. The van der Waals surface area contributed by atoms with E-state index < -0.39 is 0 Å². The monoisotopic (exact) mass is 674 g/mol. The molecular formula is C24H14Br4N4. The molecule has 2 aliphatic rings. The minimum atomic E-state index is 0.334. The first-order valence-electron chi connectivity index (χ1n) is 9.60. The van der Waals surface area contributed by atoms with Crippen molar-refractivity contribution in [3.05, 3.63) is 96.0 Å². The van der Waals surface area contributed by atoms with E-state index in [1.165, 1.54) is 0 Å². The van der Waals surface area contributed by atoms with Crippen molar-refractivity contribution >= 4 is 86.1 Å². The molecule has 0 radical (unpaired) electrons.